The van der Waals surface area contributed by atoms with E-state index in [2.05, 4.69) is 34.1 Å². The van der Waals surface area contributed by atoms with Crippen LogP contribution in [0, 0.1) is 0 Å². The van der Waals surface area contributed by atoms with E-state index in [1.165, 1.54) is 22.2 Å². The number of rotatable bonds is 2. The van der Waals surface area contributed by atoms with Crippen molar-refractivity contribution in [3.05, 3.63) is 59.3 Å². The van der Waals surface area contributed by atoms with Crippen LogP contribution in [-0.4, -0.2) is 29.4 Å². The van der Waals surface area contributed by atoms with Crippen LogP contribution in [-0.2, 0) is 11.2 Å². The van der Waals surface area contributed by atoms with Crippen molar-refractivity contribution in [3.63, 3.8) is 0 Å². The zero-order chi connectivity index (χ0) is 18.5. The number of aromatic nitrogens is 1. The van der Waals surface area contributed by atoms with Crippen molar-refractivity contribution in [2.24, 2.45) is 0 Å². The number of hydrogen-bond donors (Lipinski definition) is 2. The molecule has 3 aromatic rings. The first-order chi connectivity index (χ1) is 13.2. The third-order valence-electron chi connectivity index (χ3n) is 6.12. The molecule has 0 bridgehead atoms. The molecule has 27 heavy (non-hydrogen) atoms. The van der Waals surface area contributed by atoms with Gasteiger partial charge in [-0.2, -0.15) is 0 Å². The number of fused-ring (bicyclic) bond motifs is 5. The minimum absolute atomic E-state index is 0.0528. The van der Waals surface area contributed by atoms with Crippen molar-refractivity contribution in [1.82, 2.24) is 9.88 Å². The molecule has 0 radical (unpaired) electrons. The molecule has 5 nitrogen and oxygen atoms in total. The molecule has 5 rings (SSSR count). The second-order valence-corrected chi connectivity index (χ2v) is 7.52. The topological polar surface area (TPSA) is 71.3 Å². The lowest BCUT2D eigenvalue weighted by molar-refractivity contribution is -0.138. The molecule has 2 unspecified atom stereocenters. The van der Waals surface area contributed by atoms with Gasteiger partial charge in [-0.1, -0.05) is 12.1 Å². The van der Waals surface area contributed by atoms with Gasteiger partial charge >= 0.3 is 0 Å². The molecule has 3 N–H and O–H groups in total. The predicted octanol–water partition coefficient (Wildman–Crippen LogP) is 3.76. The number of amides is 1. The van der Waals surface area contributed by atoms with Crippen LogP contribution < -0.4 is 10.5 Å². The van der Waals surface area contributed by atoms with Gasteiger partial charge in [0, 0.05) is 41.2 Å². The van der Waals surface area contributed by atoms with E-state index in [-0.39, 0.29) is 17.9 Å². The maximum Gasteiger partial charge on any atom is 0.223 e. The monoisotopic (exact) mass is 361 g/mol. The summed E-state index contributed by atoms with van der Waals surface area (Å²) >= 11 is 0. The Balaban J connectivity index is 1.66. The predicted molar refractivity (Wildman–Crippen MR) is 106 cm³/mol. The summed E-state index contributed by atoms with van der Waals surface area (Å²) in [5, 5.41) is 1.21. The van der Waals surface area contributed by atoms with Crippen molar-refractivity contribution >= 4 is 22.5 Å². The lowest BCUT2D eigenvalue weighted by Gasteiger charge is -2.44. The van der Waals surface area contributed by atoms with E-state index in [4.69, 9.17) is 10.5 Å². The first kappa shape index (κ1) is 16.2. The van der Waals surface area contributed by atoms with Crippen LogP contribution in [0.25, 0.3) is 10.9 Å². The number of hydrogen-bond acceptors (Lipinski definition) is 3. The molecule has 1 fully saturated rings. The molecular weight excluding hydrogens is 338 g/mol. The smallest absolute Gasteiger partial charge is 0.223 e. The Morgan fingerprint density at radius 2 is 1.96 bits per heavy atom. The largest absolute Gasteiger partial charge is 0.497 e. The van der Waals surface area contributed by atoms with Gasteiger partial charge in [-0.05, 0) is 54.3 Å². The second-order valence-electron chi connectivity index (χ2n) is 7.52. The number of piperidine rings is 1. The van der Waals surface area contributed by atoms with Crippen molar-refractivity contribution < 1.29 is 9.53 Å². The van der Waals surface area contributed by atoms with Gasteiger partial charge in [0.05, 0.1) is 13.2 Å². The van der Waals surface area contributed by atoms with E-state index in [1.54, 1.807) is 7.11 Å². The maximum absolute atomic E-state index is 12.7. The van der Waals surface area contributed by atoms with Crippen molar-refractivity contribution in [2.75, 3.05) is 19.4 Å². The second kappa shape index (κ2) is 6.05. The normalized spacial score (nSPS) is 21.8. The van der Waals surface area contributed by atoms with Crippen molar-refractivity contribution in [3.8, 4) is 5.75 Å². The highest BCUT2D eigenvalue weighted by molar-refractivity contribution is 5.88. The lowest BCUT2D eigenvalue weighted by Crippen LogP contribution is -2.45. The summed E-state index contributed by atoms with van der Waals surface area (Å²) in [5.41, 5.74) is 11.5. The number of benzene rings is 2. The highest BCUT2D eigenvalue weighted by Crippen LogP contribution is 2.47. The molecule has 0 spiro atoms. The number of ether oxygens (including phenoxy) is 1. The Morgan fingerprint density at radius 1 is 1.15 bits per heavy atom. The highest BCUT2D eigenvalue weighted by Gasteiger charge is 2.42. The summed E-state index contributed by atoms with van der Waals surface area (Å²) in [4.78, 5) is 18.3. The molecule has 0 saturated carbocycles. The average molecular weight is 361 g/mol. The SMILES string of the molecule is COc1ccc2[nH]c3c(c2c1)CCN1C(=O)CCC(c2ccc(N)cc2)C31. The summed E-state index contributed by atoms with van der Waals surface area (Å²) in [6, 6.07) is 14.3. The zero-order valence-corrected chi connectivity index (χ0v) is 15.4. The van der Waals surface area contributed by atoms with E-state index in [0.29, 0.717) is 6.42 Å². The number of methoxy groups -OCH3 is 1. The summed E-state index contributed by atoms with van der Waals surface area (Å²) < 4.78 is 5.42. The summed E-state index contributed by atoms with van der Waals surface area (Å²) in [6.45, 7) is 0.770. The number of H-pyrrole nitrogens is 1. The molecule has 138 valence electrons. The lowest BCUT2D eigenvalue weighted by atomic mass is 9.78. The Bertz CT molecular complexity index is 1020. The Morgan fingerprint density at radius 3 is 2.74 bits per heavy atom. The highest BCUT2D eigenvalue weighted by atomic mass is 16.5. The minimum atomic E-state index is 0.0528. The van der Waals surface area contributed by atoms with Crippen molar-refractivity contribution in [1.29, 1.82) is 0 Å². The molecule has 0 aliphatic carbocycles. The van der Waals surface area contributed by atoms with Crippen LogP contribution in [0.3, 0.4) is 0 Å². The molecule has 5 heteroatoms. The van der Waals surface area contributed by atoms with E-state index < -0.39 is 0 Å². The number of nitrogens with two attached hydrogens (primary N) is 1. The summed E-state index contributed by atoms with van der Waals surface area (Å²) in [7, 11) is 1.69. The van der Waals surface area contributed by atoms with E-state index in [0.717, 1.165) is 36.3 Å². The molecule has 1 saturated heterocycles. The number of anilines is 1. The van der Waals surface area contributed by atoms with Crippen LogP contribution >= 0.6 is 0 Å². The van der Waals surface area contributed by atoms with Gasteiger partial charge in [0.2, 0.25) is 5.91 Å². The molecule has 2 aromatic carbocycles. The number of carbonyl (C=O) groups is 1. The number of nitrogen functional groups attached to an aromatic ring is 1. The summed E-state index contributed by atoms with van der Waals surface area (Å²) in [5.74, 6) is 1.40. The van der Waals surface area contributed by atoms with E-state index >= 15 is 0 Å². The van der Waals surface area contributed by atoms with Gasteiger partial charge in [0.25, 0.3) is 0 Å². The fraction of sp³-hybridized carbons (Fsp3) is 0.318. The van der Waals surface area contributed by atoms with Crippen LogP contribution in [0.1, 0.15) is 41.6 Å². The first-order valence-corrected chi connectivity index (χ1v) is 9.49. The van der Waals surface area contributed by atoms with Gasteiger partial charge in [0.15, 0.2) is 0 Å². The summed E-state index contributed by atoms with van der Waals surface area (Å²) in [6.07, 6.45) is 2.34. The number of nitrogens with one attached hydrogen (secondary N) is 1. The van der Waals surface area contributed by atoms with Gasteiger partial charge in [0.1, 0.15) is 5.75 Å². The van der Waals surface area contributed by atoms with Gasteiger partial charge < -0.3 is 20.4 Å². The maximum atomic E-state index is 12.7. The number of nitrogens with zero attached hydrogens (tertiary/aromatic N) is 1. The molecular formula is C22H23N3O2. The Hall–Kier alpha value is -2.95. The van der Waals surface area contributed by atoms with Gasteiger partial charge in [-0.3, -0.25) is 4.79 Å². The number of aromatic amines is 1. The zero-order valence-electron chi connectivity index (χ0n) is 15.4. The van der Waals surface area contributed by atoms with Gasteiger partial charge in [-0.25, -0.2) is 0 Å². The standard InChI is InChI=1S/C22H23N3O2/c1-27-15-6-8-19-18(12-15)17-10-11-25-20(26)9-7-16(22(25)21(17)24-19)13-2-4-14(23)5-3-13/h2-6,8,12,16,22,24H,7,9-11,23H2,1H3. The van der Waals surface area contributed by atoms with E-state index in [9.17, 15) is 4.79 Å². The third kappa shape index (κ3) is 2.49. The fourth-order valence-corrected chi connectivity index (χ4v) is 4.79. The van der Waals surface area contributed by atoms with Crippen LogP contribution in [0.15, 0.2) is 42.5 Å². The Kier molecular flexibility index (Phi) is 3.64. The third-order valence-corrected chi connectivity index (χ3v) is 6.12. The molecule has 2 atom stereocenters. The fourth-order valence-electron chi connectivity index (χ4n) is 4.79. The first-order valence-electron chi connectivity index (χ1n) is 9.49. The van der Waals surface area contributed by atoms with Crippen LogP contribution in [0.5, 0.6) is 5.75 Å². The molecule has 3 heterocycles. The van der Waals surface area contributed by atoms with Crippen molar-refractivity contribution in [2.45, 2.75) is 31.2 Å². The quantitative estimate of drug-likeness (QED) is 0.683. The van der Waals surface area contributed by atoms with Gasteiger partial charge in [-0.15, -0.1) is 0 Å². The average Bonchev–Trinajstić information content (AvgIpc) is 3.07. The van der Waals surface area contributed by atoms with Crippen LogP contribution in [0.4, 0.5) is 5.69 Å². The number of carbonyl (C=O) groups excluding carboxylic acids is 1. The molecule has 2 aliphatic rings. The van der Waals surface area contributed by atoms with Crippen LogP contribution in [0.2, 0.25) is 0 Å². The van der Waals surface area contributed by atoms with E-state index in [1.807, 2.05) is 18.2 Å². The molecule has 1 aromatic heterocycles. The molecule has 2 aliphatic heterocycles. The molecule has 1 amide bonds. The Labute approximate surface area is 158 Å². The minimum Gasteiger partial charge on any atom is -0.497 e.